The van der Waals surface area contributed by atoms with Gasteiger partial charge in [-0.3, -0.25) is 9.59 Å². The van der Waals surface area contributed by atoms with Crippen LogP contribution in [0.2, 0.25) is 5.02 Å². The molecule has 128 valence electrons. The Morgan fingerprint density at radius 3 is 2.50 bits per heavy atom. The molecule has 0 radical (unpaired) electrons. The van der Waals surface area contributed by atoms with Crippen LogP contribution in [-0.2, 0) is 9.59 Å². The van der Waals surface area contributed by atoms with E-state index < -0.39 is 0 Å². The van der Waals surface area contributed by atoms with Crippen molar-refractivity contribution in [1.29, 1.82) is 0 Å². The van der Waals surface area contributed by atoms with E-state index in [2.05, 4.69) is 10.6 Å². The minimum absolute atomic E-state index is 0.00264. The standard InChI is InChI=1S/C18H22ClN3O2/c19-12-1-5-16(6-2-12)22-10-11(7-17(22)23)18(24)21-15-8-13-3-4-14(9-15)20-13/h1-2,5-6,11,13-15,20H,3-4,7-10H2,(H,21,24). The van der Waals surface area contributed by atoms with Crippen molar-refractivity contribution in [2.24, 2.45) is 5.92 Å². The number of hydrogen-bond acceptors (Lipinski definition) is 3. The van der Waals surface area contributed by atoms with Crippen LogP contribution in [0.4, 0.5) is 5.69 Å². The van der Waals surface area contributed by atoms with Crippen molar-refractivity contribution in [3.8, 4) is 0 Å². The molecule has 3 saturated heterocycles. The summed E-state index contributed by atoms with van der Waals surface area (Å²) in [6.07, 6.45) is 4.71. The average molecular weight is 348 g/mol. The molecule has 3 aliphatic heterocycles. The zero-order valence-electron chi connectivity index (χ0n) is 13.5. The van der Waals surface area contributed by atoms with Gasteiger partial charge in [-0.2, -0.15) is 0 Å². The zero-order valence-corrected chi connectivity index (χ0v) is 14.3. The number of rotatable bonds is 3. The zero-order chi connectivity index (χ0) is 16.7. The molecule has 1 aromatic carbocycles. The lowest BCUT2D eigenvalue weighted by molar-refractivity contribution is -0.127. The second-order valence-electron chi connectivity index (χ2n) is 7.20. The molecule has 1 aromatic rings. The third-order valence-electron chi connectivity index (χ3n) is 5.45. The fraction of sp³-hybridized carbons (Fsp3) is 0.556. The molecule has 6 heteroatoms. The Morgan fingerprint density at radius 1 is 1.17 bits per heavy atom. The van der Waals surface area contributed by atoms with E-state index >= 15 is 0 Å². The highest BCUT2D eigenvalue weighted by atomic mass is 35.5. The largest absolute Gasteiger partial charge is 0.353 e. The summed E-state index contributed by atoms with van der Waals surface area (Å²) >= 11 is 5.90. The Bertz CT molecular complexity index is 636. The second kappa shape index (κ2) is 6.37. The number of anilines is 1. The highest BCUT2D eigenvalue weighted by molar-refractivity contribution is 6.30. The van der Waals surface area contributed by atoms with Crippen molar-refractivity contribution >= 4 is 29.1 Å². The molecule has 0 aliphatic carbocycles. The van der Waals surface area contributed by atoms with Crippen molar-refractivity contribution in [3.05, 3.63) is 29.3 Å². The molecule has 3 aliphatic rings. The minimum atomic E-state index is -0.263. The Morgan fingerprint density at radius 2 is 1.83 bits per heavy atom. The van der Waals surface area contributed by atoms with E-state index in [1.165, 1.54) is 12.8 Å². The minimum Gasteiger partial charge on any atom is -0.353 e. The predicted octanol–water partition coefficient (Wildman–Crippen LogP) is 2.09. The number of benzene rings is 1. The first kappa shape index (κ1) is 15.9. The normalized spacial score (nSPS) is 32.2. The van der Waals surface area contributed by atoms with Gasteiger partial charge in [-0.25, -0.2) is 0 Å². The fourth-order valence-electron chi connectivity index (χ4n) is 4.25. The second-order valence-corrected chi connectivity index (χ2v) is 7.63. The third kappa shape index (κ3) is 3.15. The molecule has 2 N–H and O–H groups in total. The predicted molar refractivity (Wildman–Crippen MR) is 93.0 cm³/mol. The Hall–Kier alpha value is -1.59. The number of halogens is 1. The smallest absolute Gasteiger partial charge is 0.227 e. The van der Waals surface area contributed by atoms with Crippen molar-refractivity contribution < 1.29 is 9.59 Å². The number of carbonyl (C=O) groups excluding carboxylic acids is 2. The number of nitrogens with one attached hydrogen (secondary N) is 2. The van der Waals surface area contributed by atoms with E-state index in [9.17, 15) is 9.59 Å². The molecular weight excluding hydrogens is 326 g/mol. The van der Waals surface area contributed by atoms with Crippen LogP contribution in [0.3, 0.4) is 0 Å². The van der Waals surface area contributed by atoms with Crippen LogP contribution in [0.5, 0.6) is 0 Å². The van der Waals surface area contributed by atoms with Crippen LogP contribution in [0.25, 0.3) is 0 Å². The van der Waals surface area contributed by atoms with E-state index in [-0.39, 0.29) is 30.2 Å². The van der Waals surface area contributed by atoms with Crippen LogP contribution in [0, 0.1) is 5.92 Å². The van der Waals surface area contributed by atoms with E-state index in [1.807, 2.05) is 12.1 Å². The van der Waals surface area contributed by atoms with Gasteiger partial charge in [-0.15, -0.1) is 0 Å². The topological polar surface area (TPSA) is 61.4 Å². The SMILES string of the molecule is O=C(NC1CC2CCC(C1)N2)C1CC(=O)N(c2ccc(Cl)cc2)C1. The monoisotopic (exact) mass is 347 g/mol. The molecule has 0 saturated carbocycles. The lowest BCUT2D eigenvalue weighted by Gasteiger charge is -2.30. The molecule has 0 aromatic heterocycles. The Labute approximate surface area is 146 Å². The number of hydrogen-bond donors (Lipinski definition) is 2. The fourth-order valence-corrected chi connectivity index (χ4v) is 4.37. The summed E-state index contributed by atoms with van der Waals surface area (Å²) in [5.41, 5.74) is 0.805. The molecule has 3 heterocycles. The van der Waals surface area contributed by atoms with Crippen LogP contribution in [0.1, 0.15) is 32.1 Å². The lowest BCUT2D eigenvalue weighted by atomic mass is 9.98. The number of amides is 2. The van der Waals surface area contributed by atoms with Crippen molar-refractivity contribution in [2.75, 3.05) is 11.4 Å². The maximum Gasteiger partial charge on any atom is 0.227 e. The van der Waals surface area contributed by atoms with Crippen LogP contribution < -0.4 is 15.5 Å². The van der Waals surface area contributed by atoms with Gasteiger partial charge in [0.2, 0.25) is 11.8 Å². The molecule has 2 amide bonds. The number of nitrogens with zero attached hydrogens (tertiary/aromatic N) is 1. The molecular formula is C18H22ClN3O2. The summed E-state index contributed by atoms with van der Waals surface area (Å²) in [6.45, 7) is 0.449. The summed E-state index contributed by atoms with van der Waals surface area (Å²) in [7, 11) is 0. The Kier molecular flexibility index (Phi) is 4.22. The van der Waals surface area contributed by atoms with Gasteiger partial charge in [0, 0.05) is 41.8 Å². The molecule has 5 nitrogen and oxygen atoms in total. The van der Waals surface area contributed by atoms with Crippen LogP contribution in [-0.4, -0.2) is 36.5 Å². The quantitative estimate of drug-likeness (QED) is 0.880. The van der Waals surface area contributed by atoms with Crippen molar-refractivity contribution in [2.45, 2.75) is 50.2 Å². The van der Waals surface area contributed by atoms with Gasteiger partial charge in [0.05, 0.1) is 5.92 Å². The first-order chi connectivity index (χ1) is 11.6. The summed E-state index contributed by atoms with van der Waals surface area (Å²) < 4.78 is 0. The summed E-state index contributed by atoms with van der Waals surface area (Å²) in [4.78, 5) is 26.6. The maximum atomic E-state index is 12.6. The van der Waals surface area contributed by atoms with E-state index in [0.717, 1.165) is 18.5 Å². The number of piperidine rings is 1. The molecule has 0 spiro atoms. The number of carbonyl (C=O) groups is 2. The van der Waals surface area contributed by atoms with Gasteiger partial charge >= 0.3 is 0 Å². The summed E-state index contributed by atoms with van der Waals surface area (Å²) in [5.74, 6) is -0.241. The van der Waals surface area contributed by atoms with Gasteiger partial charge in [0.1, 0.15) is 0 Å². The lowest BCUT2D eigenvalue weighted by Crippen LogP contribution is -2.49. The highest BCUT2D eigenvalue weighted by Crippen LogP contribution is 2.29. The first-order valence-corrected chi connectivity index (χ1v) is 9.08. The average Bonchev–Trinajstić information content (AvgIpc) is 3.11. The molecule has 3 fully saturated rings. The van der Waals surface area contributed by atoms with Crippen LogP contribution >= 0.6 is 11.6 Å². The number of fused-ring (bicyclic) bond motifs is 2. The third-order valence-corrected chi connectivity index (χ3v) is 5.71. The highest BCUT2D eigenvalue weighted by Gasteiger charge is 2.38. The maximum absolute atomic E-state index is 12.6. The van der Waals surface area contributed by atoms with E-state index in [0.29, 0.717) is 23.7 Å². The first-order valence-electron chi connectivity index (χ1n) is 8.71. The molecule has 4 rings (SSSR count). The van der Waals surface area contributed by atoms with E-state index in [4.69, 9.17) is 11.6 Å². The van der Waals surface area contributed by atoms with Gasteiger partial charge in [-0.1, -0.05) is 11.6 Å². The summed E-state index contributed by atoms with van der Waals surface area (Å²) in [6, 6.07) is 8.52. The van der Waals surface area contributed by atoms with Crippen LogP contribution in [0.15, 0.2) is 24.3 Å². The van der Waals surface area contributed by atoms with Gasteiger partial charge in [0.25, 0.3) is 0 Å². The van der Waals surface area contributed by atoms with Crippen molar-refractivity contribution in [3.63, 3.8) is 0 Å². The van der Waals surface area contributed by atoms with E-state index in [1.54, 1.807) is 17.0 Å². The van der Waals surface area contributed by atoms with Crippen molar-refractivity contribution in [1.82, 2.24) is 10.6 Å². The van der Waals surface area contributed by atoms with Gasteiger partial charge < -0.3 is 15.5 Å². The molecule has 2 bridgehead atoms. The summed E-state index contributed by atoms with van der Waals surface area (Å²) in [5, 5.41) is 7.40. The van der Waals surface area contributed by atoms with Gasteiger partial charge in [-0.05, 0) is 49.9 Å². The molecule has 24 heavy (non-hydrogen) atoms. The molecule has 3 unspecified atom stereocenters. The Balaban J connectivity index is 1.37. The molecule has 3 atom stereocenters. The van der Waals surface area contributed by atoms with Gasteiger partial charge in [0.15, 0.2) is 0 Å².